The highest BCUT2D eigenvalue weighted by atomic mass is 16.5. The lowest BCUT2D eigenvalue weighted by Gasteiger charge is -2.21. The number of nitrogens with one attached hydrogen (secondary N) is 1. The topological polar surface area (TPSA) is 56.2 Å². The molecule has 1 aromatic heterocycles. The number of benzene rings is 2. The number of anilines is 1. The molecule has 0 atom stereocenters. The highest BCUT2D eigenvalue weighted by Crippen LogP contribution is 2.26. The average Bonchev–Trinajstić information content (AvgIpc) is 3.14. The zero-order chi connectivity index (χ0) is 17.8. The molecule has 1 aliphatic heterocycles. The van der Waals surface area contributed by atoms with Gasteiger partial charge < -0.3 is 10.1 Å². The molecule has 0 spiro atoms. The van der Waals surface area contributed by atoms with E-state index in [1.807, 2.05) is 66.7 Å². The van der Waals surface area contributed by atoms with Crippen LogP contribution in [-0.4, -0.2) is 28.9 Å². The van der Waals surface area contributed by atoms with Gasteiger partial charge in [0.15, 0.2) is 0 Å². The summed E-state index contributed by atoms with van der Waals surface area (Å²) in [7, 11) is 0. The van der Waals surface area contributed by atoms with Gasteiger partial charge in [-0.05, 0) is 25.0 Å². The normalized spacial score (nSPS) is 14.9. The molecule has 0 bridgehead atoms. The first-order valence-electron chi connectivity index (χ1n) is 8.91. The van der Waals surface area contributed by atoms with Crippen LogP contribution in [-0.2, 0) is 9.53 Å². The van der Waals surface area contributed by atoms with Gasteiger partial charge in [-0.15, -0.1) is 0 Å². The second-order valence-electron chi connectivity index (χ2n) is 6.40. The highest BCUT2D eigenvalue weighted by Gasteiger charge is 2.23. The van der Waals surface area contributed by atoms with Gasteiger partial charge >= 0.3 is 0 Å². The first kappa shape index (κ1) is 16.5. The van der Waals surface area contributed by atoms with Crippen LogP contribution < -0.4 is 5.32 Å². The maximum absolute atomic E-state index is 12.7. The van der Waals surface area contributed by atoms with Crippen LogP contribution in [0.5, 0.6) is 0 Å². The van der Waals surface area contributed by atoms with Crippen molar-refractivity contribution in [3.8, 4) is 16.9 Å². The van der Waals surface area contributed by atoms with Crippen LogP contribution in [0.15, 0.2) is 66.7 Å². The number of hydrogen-bond acceptors (Lipinski definition) is 3. The smallest absolute Gasteiger partial charge is 0.228 e. The van der Waals surface area contributed by atoms with Crippen LogP contribution in [0.3, 0.4) is 0 Å². The van der Waals surface area contributed by atoms with Crippen LogP contribution in [0.1, 0.15) is 12.8 Å². The third kappa shape index (κ3) is 3.53. The maximum Gasteiger partial charge on any atom is 0.228 e. The molecule has 1 amide bonds. The number of aromatic nitrogens is 2. The monoisotopic (exact) mass is 347 g/mol. The molecular formula is C21H21N3O2. The van der Waals surface area contributed by atoms with E-state index in [9.17, 15) is 4.79 Å². The fourth-order valence-corrected chi connectivity index (χ4v) is 3.17. The van der Waals surface area contributed by atoms with Gasteiger partial charge in [0.05, 0.1) is 11.4 Å². The molecule has 3 aromatic rings. The molecule has 0 saturated carbocycles. The number of carbonyl (C=O) groups is 1. The summed E-state index contributed by atoms with van der Waals surface area (Å²) in [6.45, 7) is 1.29. The largest absolute Gasteiger partial charge is 0.381 e. The van der Waals surface area contributed by atoms with Crippen LogP contribution in [0, 0.1) is 5.92 Å². The van der Waals surface area contributed by atoms with E-state index in [0.29, 0.717) is 19.0 Å². The number of carbonyl (C=O) groups excluding carboxylic acids is 1. The summed E-state index contributed by atoms with van der Waals surface area (Å²) >= 11 is 0. The Morgan fingerprint density at radius 1 is 1.00 bits per heavy atom. The number of para-hydroxylation sites is 1. The lowest BCUT2D eigenvalue weighted by Crippen LogP contribution is -2.29. The van der Waals surface area contributed by atoms with Crippen molar-refractivity contribution in [3.05, 3.63) is 66.7 Å². The fraction of sp³-hybridized carbons (Fsp3) is 0.238. The molecule has 2 heterocycles. The second kappa shape index (κ2) is 7.54. The van der Waals surface area contributed by atoms with Crippen LogP contribution >= 0.6 is 0 Å². The van der Waals surface area contributed by atoms with Gasteiger partial charge in [-0.1, -0.05) is 48.5 Å². The maximum atomic E-state index is 12.7. The second-order valence-corrected chi connectivity index (χ2v) is 6.40. The Kier molecular flexibility index (Phi) is 4.80. The van der Waals surface area contributed by atoms with Crippen molar-refractivity contribution in [2.45, 2.75) is 12.8 Å². The van der Waals surface area contributed by atoms with Gasteiger partial charge in [0.1, 0.15) is 5.82 Å². The molecule has 0 radical (unpaired) electrons. The molecule has 4 rings (SSSR count). The summed E-state index contributed by atoms with van der Waals surface area (Å²) in [5.41, 5.74) is 2.76. The minimum Gasteiger partial charge on any atom is -0.381 e. The molecule has 2 aromatic carbocycles. The van der Waals surface area contributed by atoms with Crippen molar-refractivity contribution in [1.29, 1.82) is 0 Å². The Bertz CT molecular complexity index is 869. The van der Waals surface area contributed by atoms with Gasteiger partial charge in [0.25, 0.3) is 0 Å². The minimum atomic E-state index is -0.0111. The number of nitrogens with zero attached hydrogens (tertiary/aromatic N) is 2. The zero-order valence-corrected chi connectivity index (χ0v) is 14.5. The van der Waals surface area contributed by atoms with Crippen molar-refractivity contribution in [3.63, 3.8) is 0 Å². The van der Waals surface area contributed by atoms with Gasteiger partial charge in [0, 0.05) is 30.8 Å². The molecule has 0 aliphatic carbocycles. The average molecular weight is 347 g/mol. The zero-order valence-electron chi connectivity index (χ0n) is 14.5. The summed E-state index contributed by atoms with van der Waals surface area (Å²) in [6.07, 6.45) is 1.52. The van der Waals surface area contributed by atoms with E-state index >= 15 is 0 Å². The first-order valence-corrected chi connectivity index (χ1v) is 8.91. The molecule has 0 unspecified atom stereocenters. The lowest BCUT2D eigenvalue weighted by atomic mass is 9.99. The third-order valence-electron chi connectivity index (χ3n) is 4.62. The number of ether oxygens (including phenoxy) is 1. The third-order valence-corrected chi connectivity index (χ3v) is 4.62. The molecule has 26 heavy (non-hydrogen) atoms. The van der Waals surface area contributed by atoms with Gasteiger partial charge in [-0.25, -0.2) is 4.68 Å². The fourth-order valence-electron chi connectivity index (χ4n) is 3.17. The standard InChI is InChI=1S/C21H21N3O2/c25-21(17-11-13-26-14-12-17)22-20-15-19(16-7-3-1-4-8-16)23-24(20)18-9-5-2-6-10-18/h1-10,15,17H,11-14H2,(H,22,25). The lowest BCUT2D eigenvalue weighted by molar-refractivity contribution is -0.122. The predicted octanol–water partition coefficient (Wildman–Crippen LogP) is 3.90. The first-order chi connectivity index (χ1) is 12.8. The minimum absolute atomic E-state index is 0.0111. The molecule has 1 saturated heterocycles. The predicted molar refractivity (Wildman–Crippen MR) is 101 cm³/mol. The molecule has 132 valence electrons. The van der Waals surface area contributed by atoms with E-state index in [2.05, 4.69) is 5.32 Å². The molecule has 5 heteroatoms. The Morgan fingerprint density at radius 3 is 2.35 bits per heavy atom. The summed E-state index contributed by atoms with van der Waals surface area (Å²) in [4.78, 5) is 12.7. The quantitative estimate of drug-likeness (QED) is 0.779. The highest BCUT2D eigenvalue weighted by molar-refractivity contribution is 5.92. The molecule has 1 aliphatic rings. The summed E-state index contributed by atoms with van der Waals surface area (Å²) in [6, 6.07) is 21.7. The molecule has 1 N–H and O–H groups in total. The van der Waals surface area contributed by atoms with Gasteiger partial charge in [-0.3, -0.25) is 4.79 Å². The van der Waals surface area contributed by atoms with E-state index in [0.717, 1.165) is 29.8 Å². The van der Waals surface area contributed by atoms with Crippen molar-refractivity contribution in [2.24, 2.45) is 5.92 Å². The Morgan fingerprint density at radius 2 is 1.65 bits per heavy atom. The van der Waals surface area contributed by atoms with E-state index in [4.69, 9.17) is 9.84 Å². The summed E-state index contributed by atoms with van der Waals surface area (Å²) < 4.78 is 7.15. The van der Waals surface area contributed by atoms with Crippen molar-refractivity contribution < 1.29 is 9.53 Å². The van der Waals surface area contributed by atoms with Crippen molar-refractivity contribution >= 4 is 11.7 Å². The van der Waals surface area contributed by atoms with E-state index in [1.165, 1.54) is 0 Å². The number of hydrogen-bond donors (Lipinski definition) is 1. The summed E-state index contributed by atoms with van der Waals surface area (Å²) in [5.74, 6) is 0.708. The SMILES string of the molecule is O=C(Nc1cc(-c2ccccc2)nn1-c1ccccc1)C1CCOCC1. The van der Waals surface area contributed by atoms with E-state index in [-0.39, 0.29) is 11.8 Å². The van der Waals surface area contributed by atoms with Crippen LogP contribution in [0.4, 0.5) is 5.82 Å². The van der Waals surface area contributed by atoms with Crippen LogP contribution in [0.2, 0.25) is 0 Å². The Hall–Kier alpha value is -2.92. The number of rotatable bonds is 4. The Labute approximate surface area is 152 Å². The van der Waals surface area contributed by atoms with Gasteiger partial charge in [0.2, 0.25) is 5.91 Å². The molecule has 1 fully saturated rings. The van der Waals surface area contributed by atoms with Crippen LogP contribution in [0.25, 0.3) is 16.9 Å². The summed E-state index contributed by atoms with van der Waals surface area (Å²) in [5, 5.41) is 7.80. The molecule has 5 nitrogen and oxygen atoms in total. The molecular weight excluding hydrogens is 326 g/mol. The Balaban J connectivity index is 1.67. The van der Waals surface area contributed by atoms with Gasteiger partial charge in [-0.2, -0.15) is 5.10 Å². The van der Waals surface area contributed by atoms with E-state index < -0.39 is 0 Å². The van der Waals surface area contributed by atoms with E-state index in [1.54, 1.807) is 4.68 Å². The van der Waals surface area contributed by atoms with Crippen molar-refractivity contribution in [1.82, 2.24) is 9.78 Å². The van der Waals surface area contributed by atoms with Crippen molar-refractivity contribution in [2.75, 3.05) is 18.5 Å². The number of amides is 1.